The Balaban J connectivity index is 1.80. The van der Waals surface area contributed by atoms with Crippen LogP contribution in [0.4, 0.5) is 11.4 Å². The zero-order chi connectivity index (χ0) is 19.4. The summed E-state index contributed by atoms with van der Waals surface area (Å²) >= 11 is 0. The third kappa shape index (κ3) is 3.98. The minimum absolute atomic E-state index is 0.00216. The van der Waals surface area contributed by atoms with Gasteiger partial charge in [0.25, 0.3) is 5.91 Å². The second-order valence-corrected chi connectivity index (χ2v) is 6.60. The molecule has 1 heterocycles. The molecule has 0 spiro atoms. The number of carbonyl (C=O) groups is 1. The van der Waals surface area contributed by atoms with Gasteiger partial charge in [-0.3, -0.25) is 4.79 Å². The predicted octanol–water partition coefficient (Wildman–Crippen LogP) is 4.45. The van der Waals surface area contributed by atoms with E-state index in [1.165, 1.54) is 6.20 Å². The fourth-order valence-corrected chi connectivity index (χ4v) is 2.85. The van der Waals surface area contributed by atoms with Crippen molar-refractivity contribution in [3.05, 3.63) is 65.6 Å². The number of amides is 1. The Bertz CT molecular complexity index is 1060. The van der Waals surface area contributed by atoms with E-state index in [0.717, 1.165) is 33.5 Å². The molecule has 0 atom stereocenters. The number of aromatic amines is 1. The normalized spacial score (nSPS) is 11.4. The average Bonchev–Trinajstić information content (AvgIpc) is 3.11. The quantitative estimate of drug-likeness (QED) is 0.463. The molecule has 1 amide bonds. The highest BCUT2D eigenvalue weighted by Gasteiger charge is 2.15. The lowest BCUT2D eigenvalue weighted by molar-refractivity contribution is -0.112. The first-order valence-corrected chi connectivity index (χ1v) is 8.70. The molecule has 0 radical (unpaired) electrons. The van der Waals surface area contributed by atoms with E-state index in [1.54, 1.807) is 6.33 Å². The van der Waals surface area contributed by atoms with Gasteiger partial charge in [-0.15, -0.1) is 0 Å². The fourth-order valence-electron chi connectivity index (χ4n) is 2.85. The van der Waals surface area contributed by atoms with Crippen molar-refractivity contribution in [1.82, 2.24) is 9.97 Å². The summed E-state index contributed by atoms with van der Waals surface area (Å²) in [7, 11) is 0. The van der Waals surface area contributed by atoms with Crippen LogP contribution in [0.3, 0.4) is 0 Å². The lowest BCUT2D eigenvalue weighted by Gasteiger charge is -2.16. The number of nitrogens with zero attached hydrogens (tertiary/aromatic N) is 2. The van der Waals surface area contributed by atoms with Crippen LogP contribution in [0, 0.1) is 18.3 Å². The number of nitriles is 1. The molecule has 0 bridgehead atoms. The van der Waals surface area contributed by atoms with Gasteiger partial charge < -0.3 is 15.6 Å². The Morgan fingerprint density at radius 1 is 1.30 bits per heavy atom. The van der Waals surface area contributed by atoms with Crippen LogP contribution in [0.15, 0.2) is 54.5 Å². The first-order chi connectivity index (χ1) is 13.0. The lowest BCUT2D eigenvalue weighted by atomic mass is 9.98. The van der Waals surface area contributed by atoms with Gasteiger partial charge in [0.05, 0.1) is 17.4 Å². The summed E-state index contributed by atoms with van der Waals surface area (Å²) in [6.45, 7) is 6.08. The number of rotatable bonds is 5. The van der Waals surface area contributed by atoms with E-state index in [-0.39, 0.29) is 11.5 Å². The second kappa shape index (κ2) is 7.75. The number of anilines is 2. The largest absolute Gasteiger partial charge is 0.360 e. The number of nitrogens with one attached hydrogen (secondary N) is 3. The van der Waals surface area contributed by atoms with Crippen LogP contribution < -0.4 is 10.6 Å². The molecular weight excluding hydrogens is 338 g/mol. The van der Waals surface area contributed by atoms with Gasteiger partial charge in [-0.25, -0.2) is 4.98 Å². The summed E-state index contributed by atoms with van der Waals surface area (Å²) in [5.74, 6) is -0.183. The number of aromatic nitrogens is 2. The molecule has 3 N–H and O–H groups in total. The van der Waals surface area contributed by atoms with E-state index in [2.05, 4.69) is 34.4 Å². The number of aryl methyl sites for hydroxylation is 1. The number of hydrogen-bond acceptors (Lipinski definition) is 4. The molecule has 3 rings (SSSR count). The summed E-state index contributed by atoms with van der Waals surface area (Å²) < 4.78 is 0. The Labute approximate surface area is 157 Å². The molecule has 0 aliphatic rings. The fraction of sp³-hybridized carbons (Fsp3) is 0.190. The second-order valence-electron chi connectivity index (χ2n) is 6.60. The van der Waals surface area contributed by atoms with Gasteiger partial charge >= 0.3 is 0 Å². The van der Waals surface area contributed by atoms with Crippen molar-refractivity contribution in [1.29, 1.82) is 5.26 Å². The van der Waals surface area contributed by atoms with Gasteiger partial charge in [0.1, 0.15) is 11.6 Å². The van der Waals surface area contributed by atoms with E-state index in [0.29, 0.717) is 0 Å². The predicted molar refractivity (Wildman–Crippen MR) is 107 cm³/mol. The maximum absolute atomic E-state index is 12.6. The average molecular weight is 359 g/mol. The van der Waals surface area contributed by atoms with E-state index < -0.39 is 5.91 Å². The SMILES string of the molecule is Cc1cccc(C(C)C)c1NC(=O)/C(C#N)=C\Nc1ccc2nc[nH]c2c1. The van der Waals surface area contributed by atoms with Crippen LogP contribution in [0.1, 0.15) is 30.9 Å². The van der Waals surface area contributed by atoms with Crippen molar-refractivity contribution in [2.75, 3.05) is 10.6 Å². The molecular formula is C21H21N5O. The molecule has 6 nitrogen and oxygen atoms in total. The number of hydrogen-bond donors (Lipinski definition) is 3. The third-order valence-corrected chi connectivity index (χ3v) is 4.33. The zero-order valence-corrected chi connectivity index (χ0v) is 15.5. The minimum Gasteiger partial charge on any atom is -0.360 e. The number of imidazole rings is 1. The molecule has 3 aromatic rings. The molecule has 0 saturated heterocycles. The van der Waals surface area contributed by atoms with E-state index in [1.807, 2.05) is 49.4 Å². The van der Waals surface area contributed by atoms with Gasteiger partial charge in [0.15, 0.2) is 0 Å². The number of para-hydroxylation sites is 1. The van der Waals surface area contributed by atoms with Gasteiger partial charge in [0, 0.05) is 17.6 Å². The highest BCUT2D eigenvalue weighted by Crippen LogP contribution is 2.27. The lowest BCUT2D eigenvalue weighted by Crippen LogP contribution is -2.17. The molecule has 27 heavy (non-hydrogen) atoms. The molecule has 0 saturated carbocycles. The van der Waals surface area contributed by atoms with Crippen LogP contribution in [0.2, 0.25) is 0 Å². The summed E-state index contributed by atoms with van der Waals surface area (Å²) in [6, 6.07) is 13.4. The summed E-state index contributed by atoms with van der Waals surface area (Å²) in [4.78, 5) is 19.8. The first-order valence-electron chi connectivity index (χ1n) is 8.70. The topological polar surface area (TPSA) is 93.6 Å². The van der Waals surface area contributed by atoms with Gasteiger partial charge in [0.2, 0.25) is 0 Å². The zero-order valence-electron chi connectivity index (χ0n) is 15.5. The van der Waals surface area contributed by atoms with E-state index >= 15 is 0 Å². The van der Waals surface area contributed by atoms with E-state index in [4.69, 9.17) is 0 Å². The van der Waals surface area contributed by atoms with Crippen LogP contribution in [0.25, 0.3) is 11.0 Å². The molecule has 0 aliphatic heterocycles. The number of H-pyrrole nitrogens is 1. The minimum atomic E-state index is -0.441. The molecule has 0 unspecified atom stereocenters. The number of carbonyl (C=O) groups excluding carboxylic acids is 1. The van der Waals surface area contributed by atoms with Crippen molar-refractivity contribution in [3.63, 3.8) is 0 Å². The van der Waals surface area contributed by atoms with Crippen molar-refractivity contribution in [3.8, 4) is 6.07 Å². The molecule has 0 fully saturated rings. The highest BCUT2D eigenvalue weighted by atomic mass is 16.1. The van der Waals surface area contributed by atoms with Crippen molar-refractivity contribution in [2.24, 2.45) is 0 Å². The Morgan fingerprint density at radius 3 is 2.85 bits per heavy atom. The number of fused-ring (bicyclic) bond motifs is 1. The summed E-state index contributed by atoms with van der Waals surface area (Å²) in [5, 5.41) is 15.3. The molecule has 6 heteroatoms. The van der Waals surface area contributed by atoms with Crippen LogP contribution in [-0.2, 0) is 4.79 Å². The van der Waals surface area contributed by atoms with Crippen LogP contribution >= 0.6 is 0 Å². The Morgan fingerprint density at radius 2 is 2.11 bits per heavy atom. The smallest absolute Gasteiger partial charge is 0.267 e. The van der Waals surface area contributed by atoms with Crippen molar-refractivity contribution >= 4 is 28.3 Å². The molecule has 0 aliphatic carbocycles. The standard InChI is InChI=1S/C21H21N5O/c1-13(2)17-6-4-5-14(3)20(17)26-21(27)15(10-22)11-23-16-7-8-18-19(9-16)25-12-24-18/h4-9,11-13,23H,1-3H3,(H,24,25)(H,26,27)/b15-11-. The Kier molecular flexibility index (Phi) is 5.23. The van der Waals surface area contributed by atoms with Gasteiger partial charge in [-0.05, 0) is 42.2 Å². The monoisotopic (exact) mass is 359 g/mol. The summed E-state index contributed by atoms with van der Waals surface area (Å²) in [6.07, 6.45) is 3.03. The highest BCUT2D eigenvalue weighted by molar-refractivity contribution is 6.07. The first kappa shape index (κ1) is 18.2. The maximum Gasteiger partial charge on any atom is 0.267 e. The molecule has 1 aromatic heterocycles. The number of benzene rings is 2. The molecule has 2 aromatic carbocycles. The van der Waals surface area contributed by atoms with E-state index in [9.17, 15) is 10.1 Å². The van der Waals surface area contributed by atoms with Crippen molar-refractivity contribution in [2.45, 2.75) is 26.7 Å². The van der Waals surface area contributed by atoms with Crippen LogP contribution in [-0.4, -0.2) is 15.9 Å². The summed E-state index contributed by atoms with van der Waals surface area (Å²) in [5.41, 5.74) is 5.24. The third-order valence-electron chi connectivity index (χ3n) is 4.33. The van der Waals surface area contributed by atoms with Gasteiger partial charge in [-0.1, -0.05) is 32.0 Å². The van der Waals surface area contributed by atoms with Crippen LogP contribution in [0.5, 0.6) is 0 Å². The molecule has 136 valence electrons. The maximum atomic E-state index is 12.6. The van der Waals surface area contributed by atoms with Gasteiger partial charge in [-0.2, -0.15) is 5.26 Å². The Hall–Kier alpha value is -3.59. The van der Waals surface area contributed by atoms with Crippen molar-refractivity contribution < 1.29 is 4.79 Å².